The number of carbonyl (C=O) groups excluding carboxylic acids is 1. The topological polar surface area (TPSA) is 54.0 Å². The van der Waals surface area contributed by atoms with Gasteiger partial charge in [-0.1, -0.05) is 36.4 Å². The Morgan fingerprint density at radius 3 is 2.52 bits per heavy atom. The highest BCUT2D eigenvalue weighted by molar-refractivity contribution is 7.15. The number of rotatable bonds is 4. The van der Waals surface area contributed by atoms with Crippen molar-refractivity contribution in [3.8, 4) is 10.6 Å². The standard InChI is InChI=1S/C20H21N3OS/c1-13-9-10-17(11-14(13)2)23-20(24)21-12-18-15(3)22-19(25-18)16-7-5-4-6-8-16/h4-11H,12H2,1-3H3,(H2,21,23,24). The molecule has 0 aliphatic carbocycles. The number of hydrogen-bond acceptors (Lipinski definition) is 3. The van der Waals surface area contributed by atoms with Crippen molar-refractivity contribution in [1.82, 2.24) is 10.3 Å². The highest BCUT2D eigenvalue weighted by Crippen LogP contribution is 2.27. The summed E-state index contributed by atoms with van der Waals surface area (Å²) in [6, 6.07) is 15.8. The van der Waals surface area contributed by atoms with Gasteiger partial charge in [0, 0.05) is 16.1 Å². The number of nitrogens with one attached hydrogen (secondary N) is 2. The first kappa shape index (κ1) is 17.2. The monoisotopic (exact) mass is 351 g/mol. The number of anilines is 1. The average molecular weight is 351 g/mol. The van der Waals surface area contributed by atoms with Gasteiger partial charge in [-0.15, -0.1) is 11.3 Å². The third kappa shape index (κ3) is 4.25. The van der Waals surface area contributed by atoms with Gasteiger partial charge in [0.1, 0.15) is 5.01 Å². The van der Waals surface area contributed by atoms with Crippen LogP contribution in [0.3, 0.4) is 0 Å². The van der Waals surface area contributed by atoms with Crippen molar-refractivity contribution in [2.24, 2.45) is 0 Å². The van der Waals surface area contributed by atoms with Crippen LogP contribution in [0.25, 0.3) is 10.6 Å². The maximum Gasteiger partial charge on any atom is 0.319 e. The summed E-state index contributed by atoms with van der Waals surface area (Å²) >= 11 is 1.61. The molecule has 0 saturated carbocycles. The van der Waals surface area contributed by atoms with Crippen molar-refractivity contribution >= 4 is 23.1 Å². The van der Waals surface area contributed by atoms with Crippen LogP contribution in [-0.2, 0) is 6.54 Å². The van der Waals surface area contributed by atoms with E-state index >= 15 is 0 Å². The molecule has 0 unspecified atom stereocenters. The van der Waals surface area contributed by atoms with Gasteiger partial charge in [-0.3, -0.25) is 0 Å². The maximum absolute atomic E-state index is 12.1. The van der Waals surface area contributed by atoms with Crippen molar-refractivity contribution in [3.63, 3.8) is 0 Å². The Kier molecular flexibility index (Phi) is 5.14. The second-order valence-corrected chi connectivity index (χ2v) is 7.08. The Hall–Kier alpha value is -2.66. The predicted molar refractivity (Wildman–Crippen MR) is 104 cm³/mol. The lowest BCUT2D eigenvalue weighted by Crippen LogP contribution is -2.28. The third-order valence-corrected chi connectivity index (χ3v) is 5.29. The first-order chi connectivity index (χ1) is 12.0. The normalized spacial score (nSPS) is 10.5. The van der Waals surface area contributed by atoms with E-state index in [0.29, 0.717) is 6.54 Å². The fraction of sp³-hybridized carbons (Fsp3) is 0.200. The quantitative estimate of drug-likeness (QED) is 0.690. The van der Waals surface area contributed by atoms with Crippen LogP contribution < -0.4 is 10.6 Å². The number of aryl methyl sites for hydroxylation is 3. The van der Waals surface area contributed by atoms with Crippen LogP contribution in [0.4, 0.5) is 10.5 Å². The van der Waals surface area contributed by atoms with E-state index in [-0.39, 0.29) is 6.03 Å². The first-order valence-electron chi connectivity index (χ1n) is 8.17. The molecule has 0 atom stereocenters. The van der Waals surface area contributed by atoms with Gasteiger partial charge >= 0.3 is 6.03 Å². The Morgan fingerprint density at radius 2 is 1.80 bits per heavy atom. The molecule has 0 radical (unpaired) electrons. The number of hydrogen-bond donors (Lipinski definition) is 2. The second-order valence-electron chi connectivity index (χ2n) is 6.00. The Labute approximate surface area is 151 Å². The molecule has 25 heavy (non-hydrogen) atoms. The number of amides is 2. The van der Waals surface area contributed by atoms with Crippen LogP contribution in [0.1, 0.15) is 21.7 Å². The highest BCUT2D eigenvalue weighted by atomic mass is 32.1. The molecule has 0 bridgehead atoms. The zero-order valence-electron chi connectivity index (χ0n) is 14.6. The van der Waals surface area contributed by atoms with Crippen LogP contribution in [0.15, 0.2) is 48.5 Å². The van der Waals surface area contributed by atoms with Crippen LogP contribution in [0.2, 0.25) is 0 Å². The van der Waals surface area contributed by atoms with E-state index in [0.717, 1.165) is 32.4 Å². The maximum atomic E-state index is 12.1. The van der Waals surface area contributed by atoms with Crippen LogP contribution >= 0.6 is 11.3 Å². The summed E-state index contributed by atoms with van der Waals surface area (Å²) in [5.74, 6) is 0. The highest BCUT2D eigenvalue weighted by Gasteiger charge is 2.10. The van der Waals surface area contributed by atoms with E-state index in [1.54, 1.807) is 11.3 Å². The summed E-state index contributed by atoms with van der Waals surface area (Å²) in [6.45, 7) is 6.52. The first-order valence-corrected chi connectivity index (χ1v) is 8.98. The summed E-state index contributed by atoms with van der Waals surface area (Å²) in [5.41, 5.74) is 5.21. The number of thiazole rings is 1. The fourth-order valence-electron chi connectivity index (χ4n) is 2.45. The molecule has 3 rings (SSSR count). The number of carbonyl (C=O) groups is 1. The molecule has 0 aliphatic rings. The summed E-state index contributed by atoms with van der Waals surface area (Å²) in [6.07, 6.45) is 0. The van der Waals surface area contributed by atoms with E-state index in [4.69, 9.17) is 0 Å². The SMILES string of the molecule is Cc1ccc(NC(=O)NCc2sc(-c3ccccc3)nc2C)cc1C. The number of nitrogens with zero attached hydrogens (tertiary/aromatic N) is 1. The van der Waals surface area contributed by atoms with Crippen LogP contribution in [0.5, 0.6) is 0 Å². The molecule has 1 aromatic heterocycles. The number of urea groups is 1. The zero-order chi connectivity index (χ0) is 17.8. The molecule has 3 aromatic rings. The minimum absolute atomic E-state index is 0.211. The van der Waals surface area contributed by atoms with Crippen molar-refractivity contribution < 1.29 is 4.79 Å². The lowest BCUT2D eigenvalue weighted by molar-refractivity contribution is 0.252. The van der Waals surface area contributed by atoms with Gasteiger partial charge in [-0.25, -0.2) is 9.78 Å². The van der Waals surface area contributed by atoms with Crippen LogP contribution in [-0.4, -0.2) is 11.0 Å². The van der Waals surface area contributed by atoms with Crippen molar-refractivity contribution in [3.05, 3.63) is 70.2 Å². The smallest absolute Gasteiger partial charge is 0.319 e. The average Bonchev–Trinajstić information content (AvgIpc) is 2.98. The predicted octanol–water partition coefficient (Wildman–Crippen LogP) is 5.06. The summed E-state index contributed by atoms with van der Waals surface area (Å²) in [4.78, 5) is 17.8. The molecule has 0 fully saturated rings. The van der Waals surface area contributed by atoms with E-state index in [2.05, 4.69) is 22.5 Å². The van der Waals surface area contributed by atoms with Gasteiger partial charge in [0.25, 0.3) is 0 Å². The molecule has 2 amide bonds. The molecule has 128 valence electrons. The van der Waals surface area contributed by atoms with E-state index in [1.807, 2.05) is 62.4 Å². The molecule has 4 nitrogen and oxygen atoms in total. The molecule has 5 heteroatoms. The lowest BCUT2D eigenvalue weighted by atomic mass is 10.1. The minimum Gasteiger partial charge on any atom is -0.333 e. The Morgan fingerprint density at radius 1 is 1.04 bits per heavy atom. The molecule has 1 heterocycles. The number of benzene rings is 2. The second kappa shape index (κ2) is 7.49. The Balaban J connectivity index is 1.62. The molecule has 2 N–H and O–H groups in total. The molecule has 0 saturated heterocycles. The largest absolute Gasteiger partial charge is 0.333 e. The van der Waals surface area contributed by atoms with Gasteiger partial charge in [0.15, 0.2) is 0 Å². The minimum atomic E-state index is -0.211. The van der Waals surface area contributed by atoms with Crippen molar-refractivity contribution in [1.29, 1.82) is 0 Å². The molecule has 0 aliphatic heterocycles. The van der Waals surface area contributed by atoms with E-state index in [9.17, 15) is 4.79 Å². The van der Waals surface area contributed by atoms with Gasteiger partial charge in [-0.2, -0.15) is 0 Å². The van der Waals surface area contributed by atoms with Gasteiger partial charge in [0.2, 0.25) is 0 Å². The molecule has 2 aromatic carbocycles. The fourth-order valence-corrected chi connectivity index (χ4v) is 3.46. The van der Waals surface area contributed by atoms with Gasteiger partial charge < -0.3 is 10.6 Å². The Bertz CT molecular complexity index is 887. The summed E-state index contributed by atoms with van der Waals surface area (Å²) in [7, 11) is 0. The molecular formula is C20H21N3OS. The molecule has 0 spiro atoms. The van der Waals surface area contributed by atoms with E-state index in [1.165, 1.54) is 5.56 Å². The third-order valence-electron chi connectivity index (χ3n) is 4.09. The van der Waals surface area contributed by atoms with Gasteiger partial charge in [0.05, 0.1) is 12.2 Å². The lowest BCUT2D eigenvalue weighted by Gasteiger charge is -2.09. The van der Waals surface area contributed by atoms with Gasteiger partial charge in [-0.05, 0) is 44.0 Å². The van der Waals surface area contributed by atoms with E-state index < -0.39 is 0 Å². The zero-order valence-corrected chi connectivity index (χ0v) is 15.4. The van der Waals surface area contributed by atoms with Crippen molar-refractivity contribution in [2.45, 2.75) is 27.3 Å². The number of aromatic nitrogens is 1. The van der Waals surface area contributed by atoms with Crippen molar-refractivity contribution in [2.75, 3.05) is 5.32 Å². The van der Waals surface area contributed by atoms with Crippen LogP contribution in [0, 0.1) is 20.8 Å². The summed E-state index contributed by atoms with van der Waals surface area (Å²) < 4.78 is 0. The molecular weight excluding hydrogens is 330 g/mol. The summed E-state index contributed by atoms with van der Waals surface area (Å²) in [5, 5.41) is 6.76.